The van der Waals surface area contributed by atoms with Crippen molar-refractivity contribution in [1.82, 2.24) is 19.9 Å². The molecule has 2 fully saturated rings. The van der Waals surface area contributed by atoms with Gasteiger partial charge in [0.25, 0.3) is 5.91 Å². The number of nitrogens with zero attached hydrogens (tertiary/aromatic N) is 3. The molecule has 0 radical (unpaired) electrons. The fraction of sp³-hybridized carbons (Fsp3) is 0.435. The van der Waals surface area contributed by atoms with Crippen molar-refractivity contribution in [3.8, 4) is 11.3 Å². The Morgan fingerprint density at radius 1 is 1.14 bits per heavy atom. The van der Waals surface area contributed by atoms with E-state index in [2.05, 4.69) is 15.4 Å². The highest BCUT2D eigenvalue weighted by Gasteiger charge is 2.39. The van der Waals surface area contributed by atoms with Gasteiger partial charge in [0.1, 0.15) is 5.56 Å². The zero-order valence-corrected chi connectivity index (χ0v) is 16.5. The quantitative estimate of drug-likeness (QED) is 0.734. The van der Waals surface area contributed by atoms with Crippen LogP contribution in [0.3, 0.4) is 0 Å². The molecule has 1 spiro atoms. The molecule has 6 heteroatoms. The Hall–Kier alpha value is -2.73. The van der Waals surface area contributed by atoms with Crippen LogP contribution in [0.1, 0.15) is 55.3 Å². The molecule has 5 rings (SSSR count). The van der Waals surface area contributed by atoms with Crippen molar-refractivity contribution in [1.29, 1.82) is 0 Å². The third-order valence-electron chi connectivity index (χ3n) is 6.31. The molecule has 3 heterocycles. The second-order valence-corrected chi connectivity index (χ2v) is 8.25. The molecule has 1 amide bonds. The Morgan fingerprint density at radius 2 is 1.97 bits per heavy atom. The molecule has 1 unspecified atom stereocenters. The zero-order chi connectivity index (χ0) is 19.7. The van der Waals surface area contributed by atoms with Crippen molar-refractivity contribution >= 4 is 11.6 Å². The van der Waals surface area contributed by atoms with Gasteiger partial charge in [-0.05, 0) is 31.7 Å². The molecule has 1 aliphatic heterocycles. The Morgan fingerprint density at radius 3 is 2.79 bits per heavy atom. The van der Waals surface area contributed by atoms with Crippen LogP contribution in [0.5, 0.6) is 0 Å². The second kappa shape index (κ2) is 7.59. The Kier molecular flexibility index (Phi) is 4.79. The van der Waals surface area contributed by atoms with Gasteiger partial charge in [0.2, 0.25) is 0 Å². The minimum atomic E-state index is -0.101. The van der Waals surface area contributed by atoms with E-state index in [1.807, 2.05) is 36.4 Å². The number of nitrogens with one attached hydrogen (secondary N) is 1. The van der Waals surface area contributed by atoms with E-state index >= 15 is 0 Å². The Bertz CT molecular complexity index is 1000. The van der Waals surface area contributed by atoms with E-state index in [0.717, 1.165) is 43.5 Å². The molecule has 6 nitrogen and oxygen atoms in total. The molecular weight excluding hydrogens is 364 g/mol. The minimum Gasteiger partial charge on any atom is -0.375 e. The first-order valence-electron chi connectivity index (χ1n) is 10.6. The fourth-order valence-electron chi connectivity index (χ4n) is 4.84. The van der Waals surface area contributed by atoms with Gasteiger partial charge in [0.15, 0.2) is 5.65 Å². The van der Waals surface area contributed by atoms with Crippen molar-refractivity contribution < 1.29 is 9.53 Å². The first-order valence-corrected chi connectivity index (χ1v) is 10.6. The molecule has 1 N–H and O–H groups in total. The lowest BCUT2D eigenvalue weighted by Gasteiger charge is -2.43. The average Bonchev–Trinajstić information content (AvgIpc) is 3.19. The van der Waals surface area contributed by atoms with Crippen molar-refractivity contribution in [2.75, 3.05) is 6.61 Å². The van der Waals surface area contributed by atoms with Gasteiger partial charge in [0, 0.05) is 24.4 Å². The van der Waals surface area contributed by atoms with Gasteiger partial charge in [0.05, 0.1) is 17.5 Å². The molecule has 3 aromatic rings. The van der Waals surface area contributed by atoms with E-state index < -0.39 is 0 Å². The minimum absolute atomic E-state index is 0.0335. The van der Waals surface area contributed by atoms with Gasteiger partial charge in [-0.15, -0.1) is 0 Å². The van der Waals surface area contributed by atoms with E-state index in [-0.39, 0.29) is 17.6 Å². The largest absolute Gasteiger partial charge is 0.375 e. The normalized spacial score (nSPS) is 21.3. The van der Waals surface area contributed by atoms with Gasteiger partial charge in [-0.1, -0.05) is 49.6 Å². The molecule has 0 bridgehead atoms. The summed E-state index contributed by atoms with van der Waals surface area (Å²) in [6.07, 6.45) is 11.1. The van der Waals surface area contributed by atoms with Gasteiger partial charge < -0.3 is 10.1 Å². The Balaban J connectivity index is 1.38. The summed E-state index contributed by atoms with van der Waals surface area (Å²) in [6.45, 7) is 0.718. The van der Waals surface area contributed by atoms with Crippen molar-refractivity contribution in [3.63, 3.8) is 0 Å². The average molecular weight is 390 g/mol. The molecule has 29 heavy (non-hydrogen) atoms. The molecule has 1 saturated heterocycles. The van der Waals surface area contributed by atoms with Crippen molar-refractivity contribution in [2.24, 2.45) is 0 Å². The van der Waals surface area contributed by atoms with E-state index in [9.17, 15) is 4.79 Å². The second-order valence-electron chi connectivity index (χ2n) is 8.25. The van der Waals surface area contributed by atoms with Crippen molar-refractivity contribution in [2.45, 2.75) is 56.6 Å². The topological polar surface area (TPSA) is 68.5 Å². The number of amides is 1. The molecule has 1 aromatic carbocycles. The first kappa shape index (κ1) is 18.3. The van der Waals surface area contributed by atoms with Crippen LogP contribution in [0, 0.1) is 0 Å². The maximum atomic E-state index is 13.1. The standard InChI is InChI=1S/C23H26N4O2/c28-22(26-18-10-14-29-23(15-18)11-5-2-6-12-23)19-16-25-27-20(9-13-24-21(19)27)17-7-3-1-4-8-17/h1,3-4,7-9,13,16,18H,2,5-6,10-12,14-15H2,(H,26,28). The molecular formula is C23H26N4O2. The first-order chi connectivity index (χ1) is 14.2. The van der Waals surface area contributed by atoms with Crippen LogP contribution in [-0.2, 0) is 4.74 Å². The number of fused-ring (bicyclic) bond motifs is 1. The number of carbonyl (C=O) groups is 1. The summed E-state index contributed by atoms with van der Waals surface area (Å²) in [5.74, 6) is -0.101. The highest BCUT2D eigenvalue weighted by molar-refractivity contribution is 6.00. The van der Waals surface area contributed by atoms with E-state index in [4.69, 9.17) is 4.74 Å². The lowest BCUT2D eigenvalue weighted by atomic mass is 9.78. The van der Waals surface area contributed by atoms with Crippen LogP contribution in [0.15, 0.2) is 48.8 Å². The number of ether oxygens (including phenoxy) is 1. The molecule has 1 atom stereocenters. The zero-order valence-electron chi connectivity index (χ0n) is 16.5. The number of aromatic nitrogens is 3. The summed E-state index contributed by atoms with van der Waals surface area (Å²) >= 11 is 0. The molecule has 1 saturated carbocycles. The number of rotatable bonds is 3. The van der Waals surface area contributed by atoms with Crippen LogP contribution in [0.4, 0.5) is 0 Å². The predicted molar refractivity (Wildman–Crippen MR) is 111 cm³/mol. The van der Waals surface area contributed by atoms with Gasteiger partial charge in [-0.3, -0.25) is 4.79 Å². The summed E-state index contributed by atoms with van der Waals surface area (Å²) in [7, 11) is 0. The van der Waals surface area contributed by atoms with E-state index in [1.165, 1.54) is 19.3 Å². The van der Waals surface area contributed by atoms with Gasteiger partial charge in [-0.2, -0.15) is 5.10 Å². The third kappa shape index (κ3) is 3.53. The van der Waals surface area contributed by atoms with Crippen LogP contribution < -0.4 is 5.32 Å². The number of benzene rings is 1. The summed E-state index contributed by atoms with van der Waals surface area (Å²) < 4.78 is 7.91. The molecule has 2 aromatic heterocycles. The molecule has 2 aliphatic rings. The number of hydrogen-bond donors (Lipinski definition) is 1. The van der Waals surface area contributed by atoms with E-state index in [0.29, 0.717) is 11.2 Å². The van der Waals surface area contributed by atoms with Crippen LogP contribution in [0.25, 0.3) is 16.9 Å². The maximum absolute atomic E-state index is 13.1. The van der Waals surface area contributed by atoms with Crippen LogP contribution in [0.2, 0.25) is 0 Å². The van der Waals surface area contributed by atoms with Gasteiger partial charge in [-0.25, -0.2) is 9.50 Å². The number of hydrogen-bond acceptors (Lipinski definition) is 4. The fourth-order valence-corrected chi connectivity index (χ4v) is 4.84. The summed E-state index contributed by atoms with van der Waals surface area (Å²) in [6, 6.07) is 12.1. The maximum Gasteiger partial charge on any atom is 0.256 e. The van der Waals surface area contributed by atoms with Crippen molar-refractivity contribution in [3.05, 3.63) is 54.4 Å². The summed E-state index contributed by atoms with van der Waals surface area (Å²) in [5, 5.41) is 7.69. The smallest absolute Gasteiger partial charge is 0.256 e. The summed E-state index contributed by atoms with van der Waals surface area (Å²) in [5.41, 5.74) is 3.03. The van der Waals surface area contributed by atoms with Gasteiger partial charge >= 0.3 is 0 Å². The summed E-state index contributed by atoms with van der Waals surface area (Å²) in [4.78, 5) is 17.5. The SMILES string of the molecule is O=C(NC1CCOC2(CCCCC2)C1)c1cnn2c(-c3ccccc3)ccnc12. The monoisotopic (exact) mass is 390 g/mol. The highest BCUT2D eigenvalue weighted by Crippen LogP contribution is 2.38. The Labute approximate surface area is 170 Å². The third-order valence-corrected chi connectivity index (χ3v) is 6.31. The molecule has 1 aliphatic carbocycles. The van der Waals surface area contributed by atoms with E-state index in [1.54, 1.807) is 16.9 Å². The predicted octanol–water partition coefficient (Wildman–Crippen LogP) is 4.01. The lowest BCUT2D eigenvalue weighted by molar-refractivity contribution is -0.107. The lowest BCUT2D eigenvalue weighted by Crippen LogP contribution is -2.49. The van der Waals surface area contributed by atoms with Crippen LogP contribution >= 0.6 is 0 Å². The number of carbonyl (C=O) groups excluding carboxylic acids is 1. The highest BCUT2D eigenvalue weighted by atomic mass is 16.5. The van der Waals surface area contributed by atoms with Crippen LogP contribution in [-0.4, -0.2) is 38.8 Å². The molecule has 150 valence electrons.